The third kappa shape index (κ3) is 5.07. The fraction of sp³-hybridized carbons (Fsp3) is 0.550. The molecule has 7 nitrogen and oxygen atoms in total. The van der Waals surface area contributed by atoms with Crippen molar-refractivity contribution in [3.63, 3.8) is 0 Å². The standard InChI is InChI=1S/C20H28N4O3/c1-14(21)15-10-12-24(13-11-15)19(25)5-3-4-18-22-20(23-27-18)16-6-8-17(26-2)9-7-16/h6-9,14-15H,3-5,10-13,21H2,1-2H3. The van der Waals surface area contributed by atoms with E-state index >= 15 is 0 Å². The summed E-state index contributed by atoms with van der Waals surface area (Å²) < 4.78 is 10.5. The minimum atomic E-state index is 0.202. The van der Waals surface area contributed by atoms with Crippen LogP contribution in [-0.4, -0.2) is 47.2 Å². The molecule has 3 rings (SSSR count). The van der Waals surface area contributed by atoms with Crippen LogP contribution < -0.4 is 10.5 Å². The Bertz CT molecular complexity index is 734. The van der Waals surface area contributed by atoms with Crippen LogP contribution in [0.4, 0.5) is 0 Å². The highest BCUT2D eigenvalue weighted by Crippen LogP contribution is 2.22. The van der Waals surface area contributed by atoms with Crippen LogP contribution in [0.5, 0.6) is 5.75 Å². The lowest BCUT2D eigenvalue weighted by Crippen LogP contribution is -2.42. The molecule has 1 aliphatic heterocycles. The lowest BCUT2D eigenvalue weighted by atomic mass is 9.91. The van der Waals surface area contributed by atoms with E-state index in [2.05, 4.69) is 10.1 Å². The second-order valence-electron chi connectivity index (χ2n) is 7.17. The number of piperidine rings is 1. The molecule has 2 heterocycles. The normalized spacial score (nSPS) is 16.3. The number of carbonyl (C=O) groups is 1. The predicted octanol–water partition coefficient (Wildman–Crippen LogP) is 2.65. The Hall–Kier alpha value is -2.41. The molecule has 0 radical (unpaired) electrons. The summed E-state index contributed by atoms with van der Waals surface area (Å²) in [6.07, 6.45) is 3.81. The van der Waals surface area contributed by atoms with Gasteiger partial charge in [0, 0.05) is 37.5 Å². The predicted molar refractivity (Wildman–Crippen MR) is 102 cm³/mol. The van der Waals surface area contributed by atoms with Crippen molar-refractivity contribution >= 4 is 5.91 Å². The summed E-state index contributed by atoms with van der Waals surface area (Å²) in [5.74, 6) is 2.63. The summed E-state index contributed by atoms with van der Waals surface area (Å²) in [6.45, 7) is 3.67. The zero-order valence-corrected chi connectivity index (χ0v) is 16.1. The van der Waals surface area contributed by atoms with Gasteiger partial charge in [0.1, 0.15) is 5.75 Å². The first-order chi connectivity index (χ1) is 13.1. The zero-order chi connectivity index (χ0) is 19.2. The minimum absolute atomic E-state index is 0.202. The van der Waals surface area contributed by atoms with Crippen molar-refractivity contribution in [3.8, 4) is 17.1 Å². The number of hydrogen-bond acceptors (Lipinski definition) is 6. The van der Waals surface area contributed by atoms with Crippen LogP contribution >= 0.6 is 0 Å². The van der Waals surface area contributed by atoms with Gasteiger partial charge in [0.25, 0.3) is 0 Å². The van der Waals surface area contributed by atoms with E-state index < -0.39 is 0 Å². The third-order valence-electron chi connectivity index (χ3n) is 5.23. The van der Waals surface area contributed by atoms with Crippen LogP contribution in [0.15, 0.2) is 28.8 Å². The van der Waals surface area contributed by atoms with Crippen LogP contribution in [0.25, 0.3) is 11.4 Å². The van der Waals surface area contributed by atoms with Crippen molar-refractivity contribution in [3.05, 3.63) is 30.2 Å². The number of rotatable bonds is 7. The number of nitrogens with two attached hydrogens (primary N) is 1. The number of hydrogen-bond donors (Lipinski definition) is 1. The lowest BCUT2D eigenvalue weighted by molar-refractivity contribution is -0.132. The van der Waals surface area contributed by atoms with Gasteiger partial charge in [-0.05, 0) is 56.4 Å². The maximum atomic E-state index is 12.4. The van der Waals surface area contributed by atoms with E-state index in [1.54, 1.807) is 7.11 Å². The molecule has 0 spiro atoms. The average Bonchev–Trinajstić information content (AvgIpc) is 3.17. The zero-order valence-electron chi connectivity index (χ0n) is 16.1. The van der Waals surface area contributed by atoms with Crippen LogP contribution in [0, 0.1) is 5.92 Å². The first-order valence-corrected chi connectivity index (χ1v) is 9.57. The highest BCUT2D eigenvalue weighted by atomic mass is 16.5. The summed E-state index contributed by atoms with van der Waals surface area (Å²) in [6, 6.07) is 7.71. The van der Waals surface area contributed by atoms with Crippen LogP contribution in [-0.2, 0) is 11.2 Å². The molecule has 2 N–H and O–H groups in total. The number of aromatic nitrogens is 2. The first kappa shape index (κ1) is 19.4. The topological polar surface area (TPSA) is 94.5 Å². The molecule has 1 aliphatic rings. The largest absolute Gasteiger partial charge is 0.497 e. The van der Waals surface area contributed by atoms with E-state index in [1.807, 2.05) is 36.1 Å². The summed E-state index contributed by atoms with van der Waals surface area (Å²) >= 11 is 0. The number of carbonyl (C=O) groups excluding carboxylic acids is 1. The van der Waals surface area contributed by atoms with Gasteiger partial charge in [-0.25, -0.2) is 0 Å². The van der Waals surface area contributed by atoms with Crippen molar-refractivity contribution < 1.29 is 14.1 Å². The highest BCUT2D eigenvalue weighted by Gasteiger charge is 2.24. The van der Waals surface area contributed by atoms with Gasteiger partial charge in [0.05, 0.1) is 7.11 Å². The van der Waals surface area contributed by atoms with Gasteiger partial charge in [0.15, 0.2) is 0 Å². The van der Waals surface area contributed by atoms with Crippen molar-refractivity contribution in [2.45, 2.75) is 45.1 Å². The monoisotopic (exact) mass is 372 g/mol. The van der Waals surface area contributed by atoms with Gasteiger partial charge >= 0.3 is 0 Å². The van der Waals surface area contributed by atoms with Crippen molar-refractivity contribution in [2.24, 2.45) is 11.7 Å². The molecular weight excluding hydrogens is 344 g/mol. The second kappa shape index (κ2) is 8.99. The molecule has 1 saturated heterocycles. The van der Waals surface area contributed by atoms with E-state index in [9.17, 15) is 4.79 Å². The van der Waals surface area contributed by atoms with Crippen LogP contribution in [0.2, 0.25) is 0 Å². The Balaban J connectivity index is 1.44. The second-order valence-corrected chi connectivity index (χ2v) is 7.17. The SMILES string of the molecule is COc1ccc(-c2noc(CCCC(=O)N3CCC(C(C)N)CC3)n2)cc1. The van der Waals surface area contributed by atoms with Gasteiger partial charge in [-0.1, -0.05) is 5.16 Å². The van der Waals surface area contributed by atoms with Gasteiger partial charge in [0.2, 0.25) is 17.6 Å². The van der Waals surface area contributed by atoms with E-state index in [0.717, 1.165) is 37.2 Å². The van der Waals surface area contributed by atoms with Crippen molar-refractivity contribution in [1.82, 2.24) is 15.0 Å². The van der Waals surface area contributed by atoms with E-state index in [0.29, 0.717) is 36.9 Å². The first-order valence-electron chi connectivity index (χ1n) is 9.57. The molecule has 1 fully saturated rings. The maximum absolute atomic E-state index is 12.4. The van der Waals surface area contributed by atoms with Crippen molar-refractivity contribution in [2.75, 3.05) is 20.2 Å². The number of benzene rings is 1. The molecule has 1 unspecified atom stereocenters. The van der Waals surface area contributed by atoms with Gasteiger partial charge in [-0.3, -0.25) is 4.79 Å². The molecule has 1 aromatic heterocycles. The summed E-state index contributed by atoms with van der Waals surface area (Å²) in [4.78, 5) is 18.7. The quantitative estimate of drug-likeness (QED) is 0.803. The number of amides is 1. The Morgan fingerprint density at radius 1 is 1.33 bits per heavy atom. The van der Waals surface area contributed by atoms with Gasteiger partial charge in [-0.15, -0.1) is 0 Å². The third-order valence-corrected chi connectivity index (χ3v) is 5.23. The van der Waals surface area contributed by atoms with Gasteiger partial charge in [-0.2, -0.15) is 4.98 Å². The molecule has 146 valence electrons. The molecule has 0 saturated carbocycles. The summed E-state index contributed by atoms with van der Waals surface area (Å²) in [5.41, 5.74) is 6.83. The number of methoxy groups -OCH3 is 1. The summed E-state index contributed by atoms with van der Waals surface area (Å²) in [7, 11) is 1.63. The lowest BCUT2D eigenvalue weighted by Gasteiger charge is -2.33. The Morgan fingerprint density at radius 3 is 2.67 bits per heavy atom. The van der Waals surface area contributed by atoms with Crippen LogP contribution in [0.1, 0.15) is 38.5 Å². The molecule has 1 atom stereocenters. The highest BCUT2D eigenvalue weighted by molar-refractivity contribution is 5.76. The Kier molecular flexibility index (Phi) is 6.45. The molecule has 2 aromatic rings. The number of nitrogens with zero attached hydrogens (tertiary/aromatic N) is 3. The van der Waals surface area contributed by atoms with E-state index in [1.165, 1.54) is 0 Å². The molecule has 27 heavy (non-hydrogen) atoms. The van der Waals surface area contributed by atoms with Crippen molar-refractivity contribution in [1.29, 1.82) is 0 Å². The maximum Gasteiger partial charge on any atom is 0.226 e. The molecule has 1 aromatic carbocycles. The fourth-order valence-corrected chi connectivity index (χ4v) is 3.44. The number of likely N-dealkylation sites (tertiary alicyclic amines) is 1. The fourth-order valence-electron chi connectivity index (χ4n) is 3.44. The average molecular weight is 372 g/mol. The number of ether oxygens (including phenoxy) is 1. The van der Waals surface area contributed by atoms with E-state index in [-0.39, 0.29) is 11.9 Å². The molecule has 1 amide bonds. The van der Waals surface area contributed by atoms with Crippen LogP contribution in [0.3, 0.4) is 0 Å². The molecule has 0 bridgehead atoms. The molecule has 0 aliphatic carbocycles. The molecular formula is C20H28N4O3. The Morgan fingerprint density at radius 2 is 2.04 bits per heavy atom. The van der Waals surface area contributed by atoms with Gasteiger partial charge < -0.3 is 19.9 Å². The smallest absolute Gasteiger partial charge is 0.226 e. The Labute approximate surface area is 159 Å². The van der Waals surface area contributed by atoms with E-state index in [4.69, 9.17) is 15.0 Å². The number of aryl methyl sites for hydroxylation is 1. The molecule has 7 heteroatoms. The minimum Gasteiger partial charge on any atom is -0.497 e. The summed E-state index contributed by atoms with van der Waals surface area (Å²) in [5, 5.41) is 4.02.